The van der Waals surface area contributed by atoms with Crippen LogP contribution in [-0.2, 0) is 6.54 Å². The van der Waals surface area contributed by atoms with Gasteiger partial charge in [-0.3, -0.25) is 0 Å². The van der Waals surface area contributed by atoms with E-state index in [0.29, 0.717) is 5.75 Å². The monoisotopic (exact) mass is 318 g/mol. The van der Waals surface area contributed by atoms with Gasteiger partial charge in [-0.25, -0.2) is 0 Å². The van der Waals surface area contributed by atoms with Crippen LogP contribution in [0.4, 0.5) is 5.69 Å². The van der Waals surface area contributed by atoms with Crippen LogP contribution in [0.3, 0.4) is 0 Å². The number of aromatic hydroxyl groups is 1. The van der Waals surface area contributed by atoms with Gasteiger partial charge in [-0.15, -0.1) is 0 Å². The van der Waals surface area contributed by atoms with E-state index in [4.69, 9.17) is 0 Å². The summed E-state index contributed by atoms with van der Waals surface area (Å²) >= 11 is 1.65. The maximum Gasteiger partial charge on any atom is 0.289 e. The summed E-state index contributed by atoms with van der Waals surface area (Å²) in [7, 11) is 0. The van der Waals surface area contributed by atoms with E-state index < -0.39 is 0 Å². The average Bonchev–Trinajstić information content (AvgIpc) is 2.87. The molecule has 0 amide bonds. The lowest BCUT2D eigenvalue weighted by Gasteiger charge is -2.21. The van der Waals surface area contributed by atoms with Crippen molar-refractivity contribution < 1.29 is 9.79 Å². The summed E-state index contributed by atoms with van der Waals surface area (Å²) in [6.45, 7) is 11.0. The van der Waals surface area contributed by atoms with Gasteiger partial charge in [-0.2, -0.15) is 0 Å². The Hall–Kier alpha value is -1.88. The molecule has 0 atom stereocenters. The second kappa shape index (κ2) is 7.40. The molecule has 0 saturated carbocycles. The summed E-state index contributed by atoms with van der Waals surface area (Å²) < 4.78 is 1.97. The standard InChI is InChI=1S/C17H23N3OS/c1-5-19(6-2)15-10-8-14(16(21)12-15)9-11-17-20(7-3)18-13(4)22-17/h8-12H,5-7H2,1-4H3/p+1. The fourth-order valence-corrected chi connectivity index (χ4v) is 3.26. The van der Waals surface area contributed by atoms with Crippen molar-refractivity contribution in [1.82, 2.24) is 5.10 Å². The first-order chi connectivity index (χ1) is 10.6. The molecule has 1 aromatic heterocycles. The Morgan fingerprint density at radius 1 is 1.23 bits per heavy atom. The van der Waals surface area contributed by atoms with Crippen LogP contribution in [0.1, 0.15) is 36.3 Å². The van der Waals surface area contributed by atoms with Crippen LogP contribution >= 0.6 is 11.3 Å². The molecule has 22 heavy (non-hydrogen) atoms. The third-order valence-corrected chi connectivity index (χ3v) is 4.55. The highest BCUT2D eigenvalue weighted by molar-refractivity contribution is 7.11. The van der Waals surface area contributed by atoms with Gasteiger partial charge in [0.2, 0.25) is 0 Å². The van der Waals surface area contributed by atoms with Crippen molar-refractivity contribution in [1.29, 1.82) is 0 Å². The molecule has 0 aliphatic rings. The zero-order valence-electron chi connectivity index (χ0n) is 13.7. The Morgan fingerprint density at radius 3 is 2.55 bits per heavy atom. The van der Waals surface area contributed by atoms with Gasteiger partial charge in [-0.05, 0) is 57.2 Å². The molecule has 118 valence electrons. The number of anilines is 1. The molecule has 1 aromatic carbocycles. The smallest absolute Gasteiger partial charge is 0.289 e. The molecule has 1 heterocycles. The van der Waals surface area contributed by atoms with Crippen molar-refractivity contribution in [2.75, 3.05) is 18.0 Å². The second-order valence-corrected chi connectivity index (χ2v) is 6.24. The quantitative estimate of drug-likeness (QED) is 0.829. The summed E-state index contributed by atoms with van der Waals surface area (Å²) in [6, 6.07) is 5.85. The van der Waals surface area contributed by atoms with Gasteiger partial charge in [-0.1, -0.05) is 4.68 Å². The van der Waals surface area contributed by atoms with Gasteiger partial charge in [0.1, 0.15) is 5.75 Å². The lowest BCUT2D eigenvalue weighted by molar-refractivity contribution is -0.747. The highest BCUT2D eigenvalue weighted by atomic mass is 32.1. The molecule has 5 heteroatoms. The molecule has 2 aromatic rings. The highest BCUT2D eigenvalue weighted by Crippen LogP contribution is 2.26. The molecule has 0 bridgehead atoms. The van der Waals surface area contributed by atoms with Gasteiger partial charge in [0, 0.05) is 41.6 Å². The first kappa shape index (κ1) is 16.5. The molecule has 0 aliphatic carbocycles. The van der Waals surface area contributed by atoms with E-state index in [0.717, 1.165) is 40.9 Å². The Kier molecular flexibility index (Phi) is 5.55. The number of nitrogens with zero attached hydrogens (tertiary/aromatic N) is 3. The van der Waals surface area contributed by atoms with Crippen molar-refractivity contribution in [2.24, 2.45) is 0 Å². The molecule has 4 nitrogen and oxygen atoms in total. The molecule has 0 fully saturated rings. The summed E-state index contributed by atoms with van der Waals surface area (Å²) in [4.78, 5) is 2.21. The van der Waals surface area contributed by atoms with Crippen LogP contribution in [0.2, 0.25) is 0 Å². The summed E-state index contributed by atoms with van der Waals surface area (Å²) in [6.07, 6.45) is 3.96. The maximum absolute atomic E-state index is 10.2. The van der Waals surface area contributed by atoms with E-state index in [2.05, 4.69) is 36.8 Å². The van der Waals surface area contributed by atoms with Crippen molar-refractivity contribution in [3.05, 3.63) is 33.8 Å². The number of rotatable bonds is 6. The SMILES string of the molecule is CCN(CC)c1ccc(C=Cc2sc(C)n[n+]2CC)c(O)c1. The Bertz CT molecular complexity index is 660. The number of hydrogen-bond acceptors (Lipinski definition) is 4. The third kappa shape index (κ3) is 3.65. The molecule has 0 aliphatic heterocycles. The number of aryl methyl sites for hydroxylation is 2. The Balaban J connectivity index is 2.24. The van der Waals surface area contributed by atoms with E-state index in [1.54, 1.807) is 11.3 Å². The molecule has 0 unspecified atom stereocenters. The van der Waals surface area contributed by atoms with Crippen molar-refractivity contribution in [3.8, 4) is 5.75 Å². The number of aromatic nitrogens is 2. The molecular formula is C17H24N3OS+. The molecule has 1 N–H and O–H groups in total. The van der Waals surface area contributed by atoms with Gasteiger partial charge in [0.25, 0.3) is 5.01 Å². The summed E-state index contributed by atoms with van der Waals surface area (Å²) in [5.41, 5.74) is 1.88. The lowest BCUT2D eigenvalue weighted by atomic mass is 10.1. The minimum Gasteiger partial charge on any atom is -0.507 e. The summed E-state index contributed by atoms with van der Waals surface area (Å²) in [5, 5.41) is 16.8. The van der Waals surface area contributed by atoms with Crippen LogP contribution in [0.25, 0.3) is 12.2 Å². The molecule has 2 rings (SSSR count). The second-order valence-electron chi connectivity index (χ2n) is 5.02. The highest BCUT2D eigenvalue weighted by Gasteiger charge is 2.13. The van der Waals surface area contributed by atoms with Gasteiger partial charge < -0.3 is 10.0 Å². The topological polar surface area (TPSA) is 40.2 Å². The zero-order valence-corrected chi connectivity index (χ0v) is 14.5. The number of benzene rings is 1. The third-order valence-electron chi connectivity index (χ3n) is 3.62. The minimum absolute atomic E-state index is 0.310. The predicted molar refractivity (Wildman–Crippen MR) is 93.3 cm³/mol. The number of phenols is 1. The summed E-state index contributed by atoms with van der Waals surface area (Å²) in [5.74, 6) is 0.310. The van der Waals surface area contributed by atoms with Crippen molar-refractivity contribution >= 4 is 29.2 Å². The molecular weight excluding hydrogens is 294 g/mol. The van der Waals surface area contributed by atoms with Crippen LogP contribution in [0, 0.1) is 6.92 Å². The van der Waals surface area contributed by atoms with E-state index >= 15 is 0 Å². The van der Waals surface area contributed by atoms with Crippen molar-refractivity contribution in [2.45, 2.75) is 34.2 Å². The minimum atomic E-state index is 0.310. The fourth-order valence-electron chi connectivity index (χ4n) is 2.41. The van der Waals surface area contributed by atoms with Crippen molar-refractivity contribution in [3.63, 3.8) is 0 Å². The van der Waals surface area contributed by atoms with E-state index in [9.17, 15) is 5.11 Å². The first-order valence-corrected chi connectivity index (χ1v) is 8.54. The van der Waals surface area contributed by atoms with E-state index in [1.165, 1.54) is 0 Å². The zero-order chi connectivity index (χ0) is 16.1. The van der Waals surface area contributed by atoms with Crippen LogP contribution in [0.15, 0.2) is 18.2 Å². The number of hydrogen-bond donors (Lipinski definition) is 1. The van der Waals surface area contributed by atoms with Crippen LogP contribution < -0.4 is 9.58 Å². The number of phenolic OH excluding ortho intramolecular Hbond substituents is 1. The van der Waals surface area contributed by atoms with E-state index in [1.807, 2.05) is 35.9 Å². The fraction of sp³-hybridized carbons (Fsp3) is 0.412. The largest absolute Gasteiger partial charge is 0.507 e. The normalized spacial score (nSPS) is 11.3. The van der Waals surface area contributed by atoms with Gasteiger partial charge >= 0.3 is 0 Å². The van der Waals surface area contributed by atoms with Crippen LogP contribution in [0.5, 0.6) is 5.75 Å². The molecule has 0 saturated heterocycles. The van der Waals surface area contributed by atoms with Gasteiger partial charge in [0.15, 0.2) is 11.6 Å². The molecule has 0 radical (unpaired) electrons. The average molecular weight is 318 g/mol. The van der Waals surface area contributed by atoms with E-state index in [-0.39, 0.29) is 0 Å². The van der Waals surface area contributed by atoms with Crippen LogP contribution in [-0.4, -0.2) is 23.3 Å². The van der Waals surface area contributed by atoms with Gasteiger partial charge in [0.05, 0.1) is 0 Å². The Labute approximate surface area is 136 Å². The predicted octanol–water partition coefficient (Wildman–Crippen LogP) is 3.48. The Morgan fingerprint density at radius 2 is 1.95 bits per heavy atom. The molecule has 0 spiro atoms. The lowest BCUT2D eigenvalue weighted by Crippen LogP contribution is -2.36. The first-order valence-electron chi connectivity index (χ1n) is 7.72. The maximum atomic E-state index is 10.2.